The fraction of sp³-hybridized carbons (Fsp3) is 0.0769. The van der Waals surface area contributed by atoms with Gasteiger partial charge in [0, 0.05) is 21.8 Å². The smallest absolute Gasteiger partial charge is 0.0494 e. The first-order chi connectivity index (χ1) is 6.86. The Kier molecular flexibility index (Phi) is 2.69. The number of fused-ring (bicyclic) bond motifs is 3. The number of aryl methyl sites for hydroxylation is 1. The molecule has 1 N–H and O–H groups in total. The van der Waals surface area contributed by atoms with Crippen LogP contribution in [0.25, 0.3) is 21.8 Å². The van der Waals surface area contributed by atoms with Crippen LogP contribution in [0.2, 0.25) is 0 Å². The molecule has 1 heterocycles. The number of halogens is 1. The quantitative estimate of drug-likeness (QED) is 0.598. The molecule has 0 fully saturated rings. The molecule has 1 nitrogen and oxygen atoms in total. The second-order valence-electron chi connectivity index (χ2n) is 3.67. The van der Waals surface area contributed by atoms with Crippen LogP contribution < -0.4 is 0 Å². The predicted octanol–water partition coefficient (Wildman–Crippen LogP) is 4.25. The van der Waals surface area contributed by atoms with Gasteiger partial charge in [-0.15, -0.1) is 24.0 Å². The van der Waals surface area contributed by atoms with E-state index < -0.39 is 0 Å². The van der Waals surface area contributed by atoms with Gasteiger partial charge >= 0.3 is 0 Å². The van der Waals surface area contributed by atoms with Gasteiger partial charge in [-0.1, -0.05) is 36.4 Å². The van der Waals surface area contributed by atoms with Crippen molar-refractivity contribution in [2.75, 3.05) is 0 Å². The molecule has 0 aliphatic heterocycles. The fourth-order valence-corrected chi connectivity index (χ4v) is 2.02. The molecule has 0 saturated carbocycles. The number of benzene rings is 2. The SMILES string of the molecule is Cc1cccc2c1[nH]c1ccccc12.I. The third-order valence-electron chi connectivity index (χ3n) is 2.75. The number of nitrogens with one attached hydrogen (secondary N) is 1. The second-order valence-corrected chi connectivity index (χ2v) is 3.67. The molecule has 2 aromatic carbocycles. The van der Waals surface area contributed by atoms with Crippen LogP contribution in [0.4, 0.5) is 0 Å². The van der Waals surface area contributed by atoms with Gasteiger partial charge in [-0.05, 0) is 18.6 Å². The summed E-state index contributed by atoms with van der Waals surface area (Å²) in [5.74, 6) is 0. The lowest BCUT2D eigenvalue weighted by Gasteiger charge is -1.93. The molecule has 1 aromatic heterocycles. The standard InChI is InChI=1S/C13H11N.HI/c1-9-5-4-7-11-10-6-2-3-8-12(10)14-13(9)11;/h2-8,14H,1H3;1H. The van der Waals surface area contributed by atoms with Gasteiger partial charge in [-0.2, -0.15) is 0 Å². The molecule has 15 heavy (non-hydrogen) atoms. The Hall–Kier alpha value is -1.03. The third kappa shape index (κ3) is 1.53. The zero-order valence-corrected chi connectivity index (χ0v) is 10.8. The maximum atomic E-state index is 3.45. The van der Waals surface area contributed by atoms with Crippen LogP contribution in [0.1, 0.15) is 5.56 Å². The highest BCUT2D eigenvalue weighted by molar-refractivity contribution is 14.0. The first-order valence-corrected chi connectivity index (χ1v) is 4.82. The molecule has 0 bridgehead atoms. The average Bonchev–Trinajstić information content (AvgIpc) is 2.59. The molecule has 3 rings (SSSR count). The molecule has 76 valence electrons. The van der Waals surface area contributed by atoms with Gasteiger partial charge in [-0.3, -0.25) is 0 Å². The van der Waals surface area contributed by atoms with E-state index in [4.69, 9.17) is 0 Å². The van der Waals surface area contributed by atoms with E-state index in [-0.39, 0.29) is 24.0 Å². The van der Waals surface area contributed by atoms with E-state index in [1.165, 1.54) is 27.4 Å². The van der Waals surface area contributed by atoms with Crippen LogP contribution in [0.5, 0.6) is 0 Å². The van der Waals surface area contributed by atoms with Gasteiger partial charge in [0.15, 0.2) is 0 Å². The molecule has 0 spiro atoms. The zero-order chi connectivity index (χ0) is 9.54. The molecule has 2 heteroatoms. The Bertz CT molecular complexity index is 610. The van der Waals surface area contributed by atoms with Gasteiger partial charge in [0.2, 0.25) is 0 Å². The zero-order valence-electron chi connectivity index (χ0n) is 8.45. The summed E-state index contributed by atoms with van der Waals surface area (Å²) in [5, 5.41) is 2.63. The normalized spacial score (nSPS) is 10.5. The van der Waals surface area contributed by atoms with Gasteiger partial charge in [-0.25, -0.2) is 0 Å². The summed E-state index contributed by atoms with van der Waals surface area (Å²) >= 11 is 0. The summed E-state index contributed by atoms with van der Waals surface area (Å²) in [4.78, 5) is 3.45. The maximum Gasteiger partial charge on any atom is 0.0494 e. The molecule has 0 aliphatic carbocycles. The van der Waals surface area contributed by atoms with E-state index in [2.05, 4.69) is 54.4 Å². The molecule has 3 aromatic rings. The predicted molar refractivity (Wildman–Crippen MR) is 76.0 cm³/mol. The lowest BCUT2D eigenvalue weighted by molar-refractivity contribution is 1.45. The van der Waals surface area contributed by atoms with Gasteiger partial charge in [0.1, 0.15) is 0 Å². The minimum atomic E-state index is 0. The minimum Gasteiger partial charge on any atom is -0.354 e. The van der Waals surface area contributed by atoms with Crippen molar-refractivity contribution in [2.45, 2.75) is 6.92 Å². The van der Waals surface area contributed by atoms with Crippen LogP contribution in [0.15, 0.2) is 42.5 Å². The first kappa shape index (κ1) is 10.5. The number of H-pyrrole nitrogens is 1. The third-order valence-corrected chi connectivity index (χ3v) is 2.75. The summed E-state index contributed by atoms with van der Waals surface area (Å²) < 4.78 is 0. The molecular weight excluding hydrogens is 297 g/mol. The Morgan fingerprint density at radius 2 is 1.60 bits per heavy atom. The summed E-state index contributed by atoms with van der Waals surface area (Å²) in [6.45, 7) is 2.14. The van der Waals surface area contributed by atoms with Gasteiger partial charge in [0.25, 0.3) is 0 Å². The van der Waals surface area contributed by atoms with Crippen LogP contribution in [0.3, 0.4) is 0 Å². The van der Waals surface area contributed by atoms with Crippen LogP contribution >= 0.6 is 24.0 Å². The number of aromatic amines is 1. The monoisotopic (exact) mass is 309 g/mol. The van der Waals surface area contributed by atoms with Crippen molar-refractivity contribution in [2.24, 2.45) is 0 Å². The number of aromatic nitrogens is 1. The Balaban J connectivity index is 0.000000853. The highest BCUT2D eigenvalue weighted by Gasteiger charge is 2.03. The average molecular weight is 309 g/mol. The molecule has 0 unspecified atom stereocenters. The minimum absolute atomic E-state index is 0. The van der Waals surface area contributed by atoms with Gasteiger partial charge in [0.05, 0.1) is 0 Å². The Morgan fingerprint density at radius 1 is 0.867 bits per heavy atom. The Morgan fingerprint density at radius 3 is 2.47 bits per heavy atom. The molecule has 0 radical (unpaired) electrons. The van der Waals surface area contributed by atoms with Crippen molar-refractivity contribution in [1.29, 1.82) is 0 Å². The summed E-state index contributed by atoms with van der Waals surface area (Å²) in [7, 11) is 0. The van der Waals surface area contributed by atoms with Crippen molar-refractivity contribution in [1.82, 2.24) is 4.98 Å². The van der Waals surface area contributed by atoms with Crippen molar-refractivity contribution in [3.63, 3.8) is 0 Å². The molecule has 0 saturated heterocycles. The van der Waals surface area contributed by atoms with Crippen LogP contribution in [-0.2, 0) is 0 Å². The first-order valence-electron chi connectivity index (χ1n) is 4.82. The second kappa shape index (κ2) is 3.85. The number of para-hydroxylation sites is 2. The summed E-state index contributed by atoms with van der Waals surface area (Å²) in [5.41, 5.74) is 3.78. The fourth-order valence-electron chi connectivity index (χ4n) is 2.02. The lowest BCUT2D eigenvalue weighted by Crippen LogP contribution is -1.73. The maximum absolute atomic E-state index is 3.45. The molecule has 0 atom stereocenters. The van der Waals surface area contributed by atoms with E-state index in [1.807, 2.05) is 0 Å². The van der Waals surface area contributed by atoms with Crippen molar-refractivity contribution in [3.8, 4) is 0 Å². The Labute approximate surface area is 106 Å². The van der Waals surface area contributed by atoms with E-state index in [9.17, 15) is 0 Å². The van der Waals surface area contributed by atoms with E-state index in [0.29, 0.717) is 0 Å². The van der Waals surface area contributed by atoms with E-state index in [0.717, 1.165) is 0 Å². The summed E-state index contributed by atoms with van der Waals surface area (Å²) in [6, 6.07) is 14.8. The van der Waals surface area contributed by atoms with Crippen molar-refractivity contribution >= 4 is 45.8 Å². The van der Waals surface area contributed by atoms with E-state index in [1.54, 1.807) is 0 Å². The molecule has 0 amide bonds. The summed E-state index contributed by atoms with van der Waals surface area (Å²) in [6.07, 6.45) is 0. The van der Waals surface area contributed by atoms with E-state index >= 15 is 0 Å². The van der Waals surface area contributed by atoms with Crippen LogP contribution in [0, 0.1) is 6.92 Å². The van der Waals surface area contributed by atoms with Crippen molar-refractivity contribution < 1.29 is 0 Å². The molecule has 0 aliphatic rings. The largest absolute Gasteiger partial charge is 0.354 e. The van der Waals surface area contributed by atoms with Crippen LogP contribution in [-0.4, -0.2) is 4.98 Å². The highest BCUT2D eigenvalue weighted by atomic mass is 127. The van der Waals surface area contributed by atoms with Gasteiger partial charge < -0.3 is 4.98 Å². The lowest BCUT2D eigenvalue weighted by atomic mass is 10.1. The molecular formula is C13H12IN. The number of hydrogen-bond donors (Lipinski definition) is 1. The number of hydrogen-bond acceptors (Lipinski definition) is 0. The highest BCUT2D eigenvalue weighted by Crippen LogP contribution is 2.26. The number of rotatable bonds is 0. The topological polar surface area (TPSA) is 15.8 Å². The van der Waals surface area contributed by atoms with Crippen molar-refractivity contribution in [3.05, 3.63) is 48.0 Å².